The van der Waals surface area contributed by atoms with E-state index in [1.54, 1.807) is 19.9 Å². The minimum absolute atomic E-state index is 0.0710. The summed E-state index contributed by atoms with van der Waals surface area (Å²) in [5.74, 6) is -0.0512. The van der Waals surface area contributed by atoms with Crippen LogP contribution in [0.25, 0.3) is 0 Å². The molecule has 0 bridgehead atoms. The Hall–Kier alpha value is -3.31. The lowest BCUT2D eigenvalue weighted by molar-refractivity contribution is -0.145. The van der Waals surface area contributed by atoms with Crippen LogP contribution in [0.1, 0.15) is 24.2 Å². The number of benzene rings is 2. The van der Waals surface area contributed by atoms with Crippen molar-refractivity contribution in [1.82, 2.24) is 4.72 Å². The normalized spacial score (nSPS) is 15.2. The predicted octanol–water partition coefficient (Wildman–Crippen LogP) is 1.92. The molecule has 4 rings (SSSR count). The summed E-state index contributed by atoms with van der Waals surface area (Å²) in [6.07, 6.45) is 0. The van der Waals surface area contributed by atoms with E-state index in [2.05, 4.69) is 4.72 Å². The molecule has 0 aliphatic carbocycles. The first-order chi connectivity index (χ1) is 15.7. The molecule has 2 aliphatic heterocycles. The lowest BCUT2D eigenvalue weighted by Gasteiger charge is -2.22. The van der Waals surface area contributed by atoms with E-state index in [0.717, 1.165) is 0 Å². The Bertz CT molecular complexity index is 1180. The summed E-state index contributed by atoms with van der Waals surface area (Å²) in [7, 11) is -4.08. The number of hydrogen-bond acceptors (Lipinski definition) is 9. The summed E-state index contributed by atoms with van der Waals surface area (Å²) >= 11 is 0. The molecular weight excluding hydrogens is 454 g/mol. The van der Waals surface area contributed by atoms with Gasteiger partial charge in [-0.05, 0) is 36.2 Å². The van der Waals surface area contributed by atoms with Crippen molar-refractivity contribution in [2.24, 2.45) is 5.92 Å². The van der Waals surface area contributed by atoms with Crippen molar-refractivity contribution in [2.75, 3.05) is 26.6 Å². The molecule has 0 aromatic heterocycles. The number of nitrogens with one attached hydrogen (secondary N) is 1. The predicted molar refractivity (Wildman–Crippen MR) is 114 cm³/mol. The molecule has 2 aliphatic rings. The summed E-state index contributed by atoms with van der Waals surface area (Å²) in [4.78, 5) is 25.0. The number of sulfonamides is 1. The van der Waals surface area contributed by atoms with Crippen LogP contribution < -0.4 is 23.7 Å². The van der Waals surface area contributed by atoms with Gasteiger partial charge >= 0.3 is 5.97 Å². The molecule has 0 spiro atoms. The van der Waals surface area contributed by atoms with Gasteiger partial charge in [-0.15, -0.1) is 0 Å². The monoisotopic (exact) mass is 477 g/mol. The first kappa shape index (κ1) is 22.9. The average Bonchev–Trinajstić information content (AvgIpc) is 3.28. The molecule has 0 saturated heterocycles. The Labute approximate surface area is 190 Å². The average molecular weight is 477 g/mol. The van der Waals surface area contributed by atoms with Crippen LogP contribution in [0.15, 0.2) is 41.3 Å². The van der Waals surface area contributed by atoms with Crippen molar-refractivity contribution < 1.29 is 41.7 Å². The molecular formula is C22H23NO9S. The molecule has 176 valence electrons. The van der Waals surface area contributed by atoms with Crippen LogP contribution in [-0.4, -0.2) is 52.8 Å². The second-order valence-corrected chi connectivity index (χ2v) is 9.46. The highest BCUT2D eigenvalue weighted by atomic mass is 32.2. The number of rotatable bonds is 8. The Morgan fingerprint density at radius 3 is 2.33 bits per heavy atom. The molecule has 2 aromatic carbocycles. The number of carbonyl (C=O) groups is 2. The van der Waals surface area contributed by atoms with E-state index in [9.17, 15) is 18.0 Å². The summed E-state index contributed by atoms with van der Waals surface area (Å²) in [6.45, 7) is 3.54. The molecule has 1 unspecified atom stereocenters. The zero-order valence-corrected chi connectivity index (χ0v) is 18.8. The second kappa shape index (κ2) is 9.28. The van der Waals surface area contributed by atoms with Crippen LogP contribution in [0.4, 0.5) is 0 Å². The maximum absolute atomic E-state index is 12.9. The largest absolute Gasteiger partial charge is 0.486 e. The molecule has 10 nitrogen and oxygen atoms in total. The zero-order chi connectivity index (χ0) is 23.6. The fraction of sp³-hybridized carbons (Fsp3) is 0.364. The maximum Gasteiger partial charge on any atom is 0.324 e. The summed E-state index contributed by atoms with van der Waals surface area (Å²) < 4.78 is 54.6. The lowest BCUT2D eigenvalue weighted by atomic mass is 10.1. The van der Waals surface area contributed by atoms with Crippen molar-refractivity contribution in [1.29, 1.82) is 0 Å². The Morgan fingerprint density at radius 1 is 0.939 bits per heavy atom. The van der Waals surface area contributed by atoms with Crippen LogP contribution in [0.5, 0.6) is 23.0 Å². The maximum atomic E-state index is 12.9. The molecule has 1 atom stereocenters. The highest BCUT2D eigenvalue weighted by Gasteiger charge is 2.31. The fourth-order valence-corrected chi connectivity index (χ4v) is 4.61. The van der Waals surface area contributed by atoms with Gasteiger partial charge in [0.1, 0.15) is 19.3 Å². The SMILES string of the molecule is CC(C)C(NS(=O)(=O)c1ccc2c(c1)OCCO2)C(=O)OCC(=O)c1ccc2c(c1)OCO2. The van der Waals surface area contributed by atoms with E-state index in [1.165, 1.54) is 30.3 Å². The van der Waals surface area contributed by atoms with Gasteiger partial charge in [-0.2, -0.15) is 4.72 Å². The minimum Gasteiger partial charge on any atom is -0.486 e. The third-order valence-corrected chi connectivity index (χ3v) is 6.51. The van der Waals surface area contributed by atoms with Crippen LogP contribution in [-0.2, 0) is 19.6 Å². The van der Waals surface area contributed by atoms with Crippen molar-refractivity contribution in [3.63, 3.8) is 0 Å². The van der Waals surface area contributed by atoms with Gasteiger partial charge in [0, 0.05) is 11.6 Å². The van der Waals surface area contributed by atoms with Crippen LogP contribution in [0.3, 0.4) is 0 Å². The van der Waals surface area contributed by atoms with Crippen LogP contribution >= 0.6 is 0 Å². The van der Waals surface area contributed by atoms with Gasteiger partial charge in [0.25, 0.3) is 0 Å². The Balaban J connectivity index is 1.42. The molecule has 11 heteroatoms. The van der Waals surface area contributed by atoms with Crippen molar-refractivity contribution >= 4 is 21.8 Å². The van der Waals surface area contributed by atoms with Crippen molar-refractivity contribution in [2.45, 2.75) is 24.8 Å². The summed E-state index contributed by atoms with van der Waals surface area (Å²) in [5.41, 5.74) is 0.282. The van der Waals surface area contributed by atoms with Gasteiger partial charge in [-0.3, -0.25) is 9.59 Å². The third kappa shape index (κ3) is 5.04. The summed E-state index contributed by atoms with van der Waals surface area (Å²) in [6, 6.07) is 7.63. The van der Waals surface area contributed by atoms with Gasteiger partial charge in [-0.25, -0.2) is 8.42 Å². The van der Waals surface area contributed by atoms with E-state index < -0.39 is 40.3 Å². The fourth-order valence-electron chi connectivity index (χ4n) is 3.26. The van der Waals surface area contributed by atoms with E-state index >= 15 is 0 Å². The number of fused-ring (bicyclic) bond motifs is 2. The molecule has 0 fully saturated rings. The number of ether oxygens (including phenoxy) is 5. The number of hydrogen-bond donors (Lipinski definition) is 1. The minimum atomic E-state index is -4.08. The topological polar surface area (TPSA) is 126 Å². The molecule has 2 heterocycles. The van der Waals surface area contributed by atoms with E-state index in [1.807, 2.05) is 0 Å². The molecule has 33 heavy (non-hydrogen) atoms. The van der Waals surface area contributed by atoms with Gasteiger partial charge in [0.05, 0.1) is 4.90 Å². The quantitative estimate of drug-likeness (QED) is 0.448. The van der Waals surface area contributed by atoms with Gasteiger partial charge in [0.2, 0.25) is 16.8 Å². The van der Waals surface area contributed by atoms with Crippen LogP contribution in [0, 0.1) is 5.92 Å². The second-order valence-electron chi connectivity index (χ2n) is 7.75. The van der Waals surface area contributed by atoms with Gasteiger partial charge in [-0.1, -0.05) is 13.8 Å². The van der Waals surface area contributed by atoms with E-state index in [0.29, 0.717) is 36.2 Å². The standard InChI is InChI=1S/C22H23NO9S/c1-13(2)21(23-33(26,27)15-4-6-17-20(10-15)29-8-7-28-17)22(25)30-11-16(24)14-3-5-18-19(9-14)32-12-31-18/h3-6,9-10,13,21,23H,7-8,11-12H2,1-2H3. The van der Waals surface area contributed by atoms with E-state index in [4.69, 9.17) is 23.7 Å². The number of esters is 1. The van der Waals surface area contributed by atoms with Gasteiger partial charge < -0.3 is 23.7 Å². The van der Waals surface area contributed by atoms with Gasteiger partial charge in [0.15, 0.2) is 35.4 Å². The Morgan fingerprint density at radius 2 is 1.58 bits per heavy atom. The number of carbonyl (C=O) groups excluding carboxylic acids is 2. The molecule has 2 aromatic rings. The molecule has 0 saturated carbocycles. The molecule has 0 radical (unpaired) electrons. The van der Waals surface area contributed by atoms with Crippen molar-refractivity contribution in [3.05, 3.63) is 42.0 Å². The number of Topliss-reactive ketones (excluding diaryl/α,β-unsaturated/α-hetero) is 1. The first-order valence-electron chi connectivity index (χ1n) is 10.3. The molecule has 1 N–H and O–H groups in total. The first-order valence-corrected chi connectivity index (χ1v) is 11.7. The van der Waals surface area contributed by atoms with Crippen LogP contribution in [0.2, 0.25) is 0 Å². The lowest BCUT2D eigenvalue weighted by Crippen LogP contribution is -2.45. The molecule has 0 amide bonds. The third-order valence-electron chi connectivity index (χ3n) is 5.07. The summed E-state index contributed by atoms with van der Waals surface area (Å²) in [5, 5.41) is 0. The highest BCUT2D eigenvalue weighted by molar-refractivity contribution is 7.89. The highest BCUT2D eigenvalue weighted by Crippen LogP contribution is 2.33. The smallest absolute Gasteiger partial charge is 0.324 e. The van der Waals surface area contributed by atoms with E-state index in [-0.39, 0.29) is 17.3 Å². The number of ketones is 1. The zero-order valence-electron chi connectivity index (χ0n) is 18.0. The van der Waals surface area contributed by atoms with Crippen molar-refractivity contribution in [3.8, 4) is 23.0 Å². The Kier molecular flexibility index (Phi) is 6.43.